The molecular weight excluding hydrogens is 162 g/mol. The lowest BCUT2D eigenvalue weighted by molar-refractivity contribution is -0.389. The number of hydrogen-bond donors (Lipinski definition) is 0. The molecule has 6 heteroatoms. The maximum atomic E-state index is 10.2. The van der Waals surface area contributed by atoms with Gasteiger partial charge in [0.25, 0.3) is 0 Å². The van der Waals surface area contributed by atoms with E-state index in [2.05, 4.69) is 5.10 Å². The van der Waals surface area contributed by atoms with Crippen LogP contribution in [0.1, 0.15) is 0 Å². The first kappa shape index (κ1) is 7.23. The molecule has 12 heavy (non-hydrogen) atoms. The lowest BCUT2D eigenvalue weighted by Crippen LogP contribution is -2.04. The summed E-state index contributed by atoms with van der Waals surface area (Å²) in [5, 5.41) is 13.9. The number of ether oxygens (including phenoxy) is 1. The van der Waals surface area contributed by atoms with Crippen LogP contribution in [0.15, 0.2) is 12.3 Å². The summed E-state index contributed by atoms with van der Waals surface area (Å²) in [6.45, 7) is 1.33. The summed E-state index contributed by atoms with van der Waals surface area (Å²) in [6, 6.07) is 1.38. The molecule has 2 heterocycles. The standard InChI is InChI=1S/C6H7N3O3/c10-9(11)6-1-2-8(7-6)3-5-4-12-5/h1-2,5H,3-4H2/t5-/m1/s1. The third kappa shape index (κ3) is 1.42. The maximum Gasteiger partial charge on any atom is 0.389 e. The first-order valence-corrected chi connectivity index (χ1v) is 3.55. The second-order valence-electron chi connectivity index (χ2n) is 2.61. The van der Waals surface area contributed by atoms with Crippen molar-refractivity contribution >= 4 is 5.82 Å². The molecule has 1 aliphatic heterocycles. The molecule has 1 aromatic heterocycles. The van der Waals surface area contributed by atoms with E-state index in [-0.39, 0.29) is 11.9 Å². The number of nitro groups is 1. The molecule has 0 amide bonds. The molecule has 1 fully saturated rings. The Hall–Kier alpha value is -1.43. The first-order chi connectivity index (χ1) is 5.75. The van der Waals surface area contributed by atoms with Crippen molar-refractivity contribution in [3.05, 3.63) is 22.4 Å². The van der Waals surface area contributed by atoms with E-state index in [9.17, 15) is 10.1 Å². The van der Waals surface area contributed by atoms with Gasteiger partial charge in [0, 0.05) is 0 Å². The Morgan fingerprint density at radius 2 is 2.67 bits per heavy atom. The van der Waals surface area contributed by atoms with Gasteiger partial charge in [-0.3, -0.25) is 0 Å². The molecule has 0 N–H and O–H groups in total. The van der Waals surface area contributed by atoms with E-state index in [1.807, 2.05) is 0 Å². The number of aromatic nitrogens is 2. The highest BCUT2D eigenvalue weighted by Crippen LogP contribution is 2.12. The topological polar surface area (TPSA) is 73.5 Å². The Balaban J connectivity index is 2.06. The van der Waals surface area contributed by atoms with Crippen molar-refractivity contribution in [2.75, 3.05) is 6.61 Å². The van der Waals surface area contributed by atoms with E-state index >= 15 is 0 Å². The van der Waals surface area contributed by atoms with Crippen molar-refractivity contribution in [3.8, 4) is 0 Å². The van der Waals surface area contributed by atoms with Gasteiger partial charge in [-0.15, -0.1) is 0 Å². The van der Waals surface area contributed by atoms with Crippen molar-refractivity contribution in [2.24, 2.45) is 0 Å². The fourth-order valence-electron chi connectivity index (χ4n) is 0.932. The van der Waals surface area contributed by atoms with Crippen molar-refractivity contribution in [1.29, 1.82) is 0 Å². The minimum absolute atomic E-state index is 0.115. The Kier molecular flexibility index (Phi) is 1.54. The van der Waals surface area contributed by atoms with Gasteiger partial charge in [-0.2, -0.15) is 4.68 Å². The third-order valence-corrected chi connectivity index (χ3v) is 1.61. The highest BCUT2D eigenvalue weighted by molar-refractivity contribution is 5.14. The van der Waals surface area contributed by atoms with Crippen LogP contribution in [0.2, 0.25) is 0 Å². The van der Waals surface area contributed by atoms with Crippen LogP contribution in [0.25, 0.3) is 0 Å². The van der Waals surface area contributed by atoms with E-state index in [4.69, 9.17) is 4.74 Å². The average Bonchev–Trinajstić information content (AvgIpc) is 2.66. The molecule has 0 aromatic carbocycles. The summed E-state index contributed by atoms with van der Waals surface area (Å²) < 4.78 is 6.48. The van der Waals surface area contributed by atoms with E-state index in [1.165, 1.54) is 10.7 Å². The molecule has 0 bridgehead atoms. The Morgan fingerprint density at radius 1 is 1.92 bits per heavy atom. The van der Waals surface area contributed by atoms with Crippen LogP contribution in [-0.4, -0.2) is 27.4 Å². The van der Waals surface area contributed by atoms with Gasteiger partial charge in [0.15, 0.2) is 0 Å². The van der Waals surface area contributed by atoms with Gasteiger partial charge in [0.2, 0.25) is 0 Å². The van der Waals surface area contributed by atoms with Gasteiger partial charge in [-0.25, -0.2) is 0 Å². The Labute approximate surface area is 67.9 Å². The summed E-state index contributed by atoms with van der Waals surface area (Å²) in [5.74, 6) is -0.115. The van der Waals surface area contributed by atoms with E-state index in [0.717, 1.165) is 6.61 Å². The molecule has 0 spiro atoms. The van der Waals surface area contributed by atoms with Crippen molar-refractivity contribution in [1.82, 2.24) is 9.78 Å². The maximum absolute atomic E-state index is 10.2. The molecule has 0 radical (unpaired) electrons. The zero-order chi connectivity index (χ0) is 8.55. The first-order valence-electron chi connectivity index (χ1n) is 3.55. The van der Waals surface area contributed by atoms with Crippen LogP contribution < -0.4 is 0 Å². The number of rotatable bonds is 3. The van der Waals surface area contributed by atoms with Crippen molar-refractivity contribution in [3.63, 3.8) is 0 Å². The molecular formula is C6H7N3O3. The molecule has 0 unspecified atom stereocenters. The summed E-state index contributed by atoms with van der Waals surface area (Å²) in [7, 11) is 0. The fourth-order valence-corrected chi connectivity index (χ4v) is 0.932. The van der Waals surface area contributed by atoms with E-state index in [0.29, 0.717) is 6.54 Å². The van der Waals surface area contributed by atoms with Crippen LogP contribution in [0.4, 0.5) is 5.82 Å². The van der Waals surface area contributed by atoms with E-state index in [1.54, 1.807) is 6.20 Å². The fraction of sp³-hybridized carbons (Fsp3) is 0.500. The van der Waals surface area contributed by atoms with Crippen molar-refractivity contribution in [2.45, 2.75) is 12.6 Å². The molecule has 0 saturated carbocycles. The monoisotopic (exact) mass is 169 g/mol. The summed E-state index contributed by atoms with van der Waals surface area (Å²) in [4.78, 5) is 9.70. The van der Waals surface area contributed by atoms with Crippen LogP contribution in [-0.2, 0) is 11.3 Å². The predicted octanol–water partition coefficient (Wildman–Crippen LogP) is 0.190. The molecule has 2 rings (SSSR count). The van der Waals surface area contributed by atoms with E-state index < -0.39 is 4.92 Å². The quantitative estimate of drug-likeness (QED) is 0.367. The highest BCUT2D eigenvalue weighted by atomic mass is 16.6. The molecule has 6 nitrogen and oxygen atoms in total. The molecule has 1 saturated heterocycles. The normalized spacial score (nSPS) is 20.8. The Morgan fingerprint density at radius 3 is 3.17 bits per heavy atom. The zero-order valence-electron chi connectivity index (χ0n) is 6.21. The Bertz CT molecular complexity index is 305. The van der Waals surface area contributed by atoms with Gasteiger partial charge >= 0.3 is 5.82 Å². The van der Waals surface area contributed by atoms with Crippen LogP contribution in [0, 0.1) is 10.1 Å². The van der Waals surface area contributed by atoms with Gasteiger partial charge in [-0.05, 0) is 4.92 Å². The summed E-state index contributed by atoms with van der Waals surface area (Å²) in [5.41, 5.74) is 0. The zero-order valence-corrected chi connectivity index (χ0v) is 6.21. The lowest BCUT2D eigenvalue weighted by atomic mass is 10.5. The van der Waals surface area contributed by atoms with Crippen molar-refractivity contribution < 1.29 is 9.66 Å². The summed E-state index contributed by atoms with van der Waals surface area (Å²) in [6.07, 6.45) is 1.78. The second-order valence-corrected chi connectivity index (χ2v) is 2.61. The molecule has 1 aliphatic rings. The minimum atomic E-state index is -0.510. The lowest BCUT2D eigenvalue weighted by Gasteiger charge is -1.88. The highest BCUT2D eigenvalue weighted by Gasteiger charge is 2.25. The minimum Gasteiger partial charge on any atom is -0.371 e. The van der Waals surface area contributed by atoms with Gasteiger partial charge in [0.1, 0.15) is 6.10 Å². The second kappa shape index (κ2) is 2.56. The smallest absolute Gasteiger partial charge is 0.371 e. The number of hydrogen-bond acceptors (Lipinski definition) is 4. The van der Waals surface area contributed by atoms with Crippen LogP contribution in [0.5, 0.6) is 0 Å². The van der Waals surface area contributed by atoms with Crippen LogP contribution >= 0.6 is 0 Å². The number of epoxide rings is 1. The van der Waals surface area contributed by atoms with Gasteiger partial charge in [0.05, 0.1) is 30.5 Å². The van der Waals surface area contributed by atoms with Gasteiger partial charge in [-0.1, -0.05) is 0 Å². The predicted molar refractivity (Wildman–Crippen MR) is 38.6 cm³/mol. The summed E-state index contributed by atoms with van der Waals surface area (Å²) >= 11 is 0. The van der Waals surface area contributed by atoms with Crippen LogP contribution in [0.3, 0.4) is 0 Å². The molecule has 64 valence electrons. The number of nitrogens with zero attached hydrogens (tertiary/aromatic N) is 3. The largest absolute Gasteiger partial charge is 0.389 e. The molecule has 1 aromatic rings. The molecule has 1 atom stereocenters. The molecule has 0 aliphatic carbocycles. The third-order valence-electron chi connectivity index (χ3n) is 1.61. The van der Waals surface area contributed by atoms with Gasteiger partial charge < -0.3 is 14.9 Å². The SMILES string of the molecule is O=[N+]([O-])c1ccn(C[C@@H]2CO2)n1. The average molecular weight is 169 g/mol.